The van der Waals surface area contributed by atoms with E-state index in [0.717, 1.165) is 18.2 Å². The van der Waals surface area contributed by atoms with Crippen LogP contribution in [0.4, 0.5) is 4.39 Å². The van der Waals surface area contributed by atoms with Crippen LogP contribution in [0.2, 0.25) is 0 Å². The number of rotatable bonds is 8. The Morgan fingerprint density at radius 2 is 1.86 bits per heavy atom. The zero-order chi connectivity index (χ0) is 24.8. The molecule has 1 aromatic heterocycles. The van der Waals surface area contributed by atoms with Gasteiger partial charge in [0.15, 0.2) is 0 Å². The van der Waals surface area contributed by atoms with Gasteiger partial charge >= 0.3 is 5.97 Å². The van der Waals surface area contributed by atoms with Crippen molar-refractivity contribution in [3.05, 3.63) is 89.0 Å². The van der Waals surface area contributed by atoms with Crippen molar-refractivity contribution in [1.82, 2.24) is 15.2 Å². The smallest absolute Gasteiger partial charge is 0.337 e. The SMILES string of the molecule is COC(=O)c1ccc(Oc2cc(C(=O)NCc3ccc(F)cn3)ccc2CN2CCCC2=O)cc1. The highest BCUT2D eigenvalue weighted by atomic mass is 19.1. The van der Waals surface area contributed by atoms with Crippen LogP contribution in [0, 0.1) is 5.82 Å². The van der Waals surface area contributed by atoms with Gasteiger partial charge < -0.3 is 19.7 Å². The van der Waals surface area contributed by atoms with Crippen LogP contribution in [0.1, 0.15) is 44.8 Å². The Labute approximate surface area is 201 Å². The summed E-state index contributed by atoms with van der Waals surface area (Å²) in [6.07, 6.45) is 2.42. The molecule has 1 aliphatic rings. The normalized spacial score (nSPS) is 13.0. The number of likely N-dealkylation sites (tertiary alicyclic amines) is 1. The number of amides is 2. The van der Waals surface area contributed by atoms with Crippen molar-refractivity contribution < 1.29 is 28.2 Å². The van der Waals surface area contributed by atoms with E-state index in [1.165, 1.54) is 19.2 Å². The Morgan fingerprint density at radius 1 is 1.09 bits per heavy atom. The standard InChI is InChI=1S/C26H24FN3O5/c1-34-26(33)17-6-10-22(11-7-17)35-23-13-18(4-5-19(23)16-30-12-2-3-24(30)31)25(32)29-15-21-9-8-20(27)14-28-21/h4-11,13-14H,2-3,12,15-16H2,1H3,(H,29,32). The fourth-order valence-electron chi connectivity index (χ4n) is 3.69. The van der Waals surface area contributed by atoms with Gasteiger partial charge in [-0.3, -0.25) is 14.6 Å². The highest BCUT2D eigenvalue weighted by molar-refractivity contribution is 5.94. The van der Waals surface area contributed by atoms with Crippen molar-refractivity contribution in [3.63, 3.8) is 0 Å². The summed E-state index contributed by atoms with van der Waals surface area (Å²) in [5, 5.41) is 2.76. The van der Waals surface area contributed by atoms with Crippen molar-refractivity contribution in [3.8, 4) is 11.5 Å². The number of nitrogens with zero attached hydrogens (tertiary/aromatic N) is 2. The maximum atomic E-state index is 13.1. The molecule has 180 valence electrons. The Morgan fingerprint density at radius 3 is 2.51 bits per heavy atom. The minimum absolute atomic E-state index is 0.0759. The van der Waals surface area contributed by atoms with Crippen LogP contribution in [-0.4, -0.2) is 41.3 Å². The van der Waals surface area contributed by atoms with Crippen LogP contribution >= 0.6 is 0 Å². The van der Waals surface area contributed by atoms with E-state index in [1.807, 2.05) is 0 Å². The third-order valence-corrected chi connectivity index (χ3v) is 5.58. The highest BCUT2D eigenvalue weighted by Crippen LogP contribution is 2.29. The fraction of sp³-hybridized carbons (Fsp3) is 0.231. The molecule has 2 amide bonds. The van der Waals surface area contributed by atoms with Gasteiger partial charge in [-0.25, -0.2) is 9.18 Å². The number of pyridine rings is 1. The van der Waals surface area contributed by atoms with Crippen LogP contribution in [0.15, 0.2) is 60.8 Å². The first-order chi connectivity index (χ1) is 16.9. The molecule has 0 saturated carbocycles. The lowest BCUT2D eigenvalue weighted by atomic mass is 10.1. The van der Waals surface area contributed by atoms with Crippen molar-refractivity contribution in [2.75, 3.05) is 13.7 Å². The lowest BCUT2D eigenvalue weighted by Gasteiger charge is -2.19. The monoisotopic (exact) mass is 477 g/mol. The van der Waals surface area contributed by atoms with Crippen LogP contribution in [0.3, 0.4) is 0 Å². The lowest BCUT2D eigenvalue weighted by molar-refractivity contribution is -0.128. The zero-order valence-electron chi connectivity index (χ0n) is 19.1. The number of ether oxygens (including phenoxy) is 2. The molecule has 35 heavy (non-hydrogen) atoms. The number of aromatic nitrogens is 1. The van der Waals surface area contributed by atoms with Gasteiger partial charge in [0.05, 0.1) is 31.1 Å². The van der Waals surface area contributed by atoms with E-state index >= 15 is 0 Å². The van der Waals surface area contributed by atoms with Gasteiger partial charge in [-0.2, -0.15) is 0 Å². The van der Waals surface area contributed by atoms with Crippen LogP contribution in [-0.2, 0) is 22.6 Å². The topological polar surface area (TPSA) is 97.8 Å². The maximum Gasteiger partial charge on any atom is 0.337 e. The summed E-state index contributed by atoms with van der Waals surface area (Å²) in [4.78, 5) is 42.3. The van der Waals surface area contributed by atoms with E-state index in [1.54, 1.807) is 47.4 Å². The Bertz CT molecular complexity index is 1230. The number of hydrogen-bond acceptors (Lipinski definition) is 6. The number of halogens is 1. The molecule has 0 radical (unpaired) electrons. The highest BCUT2D eigenvalue weighted by Gasteiger charge is 2.22. The van der Waals surface area contributed by atoms with Crippen LogP contribution in [0.25, 0.3) is 0 Å². The third kappa shape index (κ3) is 6.00. The average Bonchev–Trinajstić information content (AvgIpc) is 3.28. The number of carbonyl (C=O) groups is 3. The molecule has 3 aromatic rings. The average molecular weight is 477 g/mol. The number of carbonyl (C=O) groups excluding carboxylic acids is 3. The summed E-state index contributed by atoms with van der Waals surface area (Å²) < 4.78 is 23.8. The molecule has 0 aliphatic carbocycles. The molecule has 1 saturated heterocycles. The second kappa shape index (κ2) is 10.8. The summed E-state index contributed by atoms with van der Waals surface area (Å²) in [6.45, 7) is 1.16. The summed E-state index contributed by atoms with van der Waals surface area (Å²) in [5.74, 6) is -0.312. The van der Waals surface area contributed by atoms with Crippen molar-refractivity contribution >= 4 is 17.8 Å². The number of esters is 1. The molecule has 1 fully saturated rings. The zero-order valence-corrected chi connectivity index (χ0v) is 19.1. The molecule has 2 heterocycles. The quantitative estimate of drug-likeness (QED) is 0.495. The van der Waals surface area contributed by atoms with Gasteiger partial charge in [-0.05, 0) is 55.0 Å². The summed E-state index contributed by atoms with van der Waals surface area (Å²) >= 11 is 0. The molecule has 0 bridgehead atoms. The first-order valence-corrected chi connectivity index (χ1v) is 11.1. The van der Waals surface area contributed by atoms with Crippen molar-refractivity contribution in [2.45, 2.75) is 25.9 Å². The predicted molar refractivity (Wildman–Crippen MR) is 124 cm³/mol. The Kier molecular flexibility index (Phi) is 7.35. The molecule has 0 spiro atoms. The molecule has 4 rings (SSSR count). The van der Waals surface area contributed by atoms with Gasteiger partial charge in [0.25, 0.3) is 5.91 Å². The minimum atomic E-state index is -0.459. The molecule has 0 atom stereocenters. The second-order valence-electron chi connectivity index (χ2n) is 8.01. The third-order valence-electron chi connectivity index (χ3n) is 5.58. The van der Waals surface area contributed by atoms with E-state index < -0.39 is 11.8 Å². The molecule has 1 N–H and O–H groups in total. The minimum Gasteiger partial charge on any atom is -0.465 e. The second-order valence-corrected chi connectivity index (χ2v) is 8.01. The van der Waals surface area contributed by atoms with E-state index in [-0.39, 0.29) is 18.4 Å². The Balaban J connectivity index is 1.54. The van der Waals surface area contributed by atoms with Gasteiger partial charge in [0.1, 0.15) is 17.3 Å². The van der Waals surface area contributed by atoms with E-state index in [0.29, 0.717) is 47.8 Å². The maximum absolute atomic E-state index is 13.1. The fourth-order valence-corrected chi connectivity index (χ4v) is 3.69. The number of nitrogens with one attached hydrogen (secondary N) is 1. The molecule has 1 aliphatic heterocycles. The largest absolute Gasteiger partial charge is 0.465 e. The molecule has 8 nitrogen and oxygen atoms in total. The van der Waals surface area contributed by atoms with Gasteiger partial charge in [-0.1, -0.05) is 6.07 Å². The van der Waals surface area contributed by atoms with E-state index in [9.17, 15) is 18.8 Å². The Hall–Kier alpha value is -4.27. The predicted octanol–water partition coefficient (Wildman–Crippen LogP) is 3.85. The van der Waals surface area contributed by atoms with Crippen LogP contribution in [0.5, 0.6) is 11.5 Å². The molecular weight excluding hydrogens is 453 g/mol. The van der Waals surface area contributed by atoms with E-state index in [2.05, 4.69) is 10.3 Å². The number of methoxy groups -OCH3 is 1. The lowest BCUT2D eigenvalue weighted by Crippen LogP contribution is -2.25. The van der Waals surface area contributed by atoms with E-state index in [4.69, 9.17) is 9.47 Å². The van der Waals surface area contributed by atoms with Crippen molar-refractivity contribution in [2.24, 2.45) is 0 Å². The van der Waals surface area contributed by atoms with Gasteiger partial charge in [0.2, 0.25) is 5.91 Å². The molecule has 0 unspecified atom stereocenters. The number of benzene rings is 2. The van der Waals surface area contributed by atoms with Gasteiger partial charge in [0, 0.05) is 30.6 Å². The first-order valence-electron chi connectivity index (χ1n) is 11.1. The summed E-state index contributed by atoms with van der Waals surface area (Å²) in [5.41, 5.74) is 2.00. The van der Waals surface area contributed by atoms with Crippen LogP contribution < -0.4 is 10.1 Å². The summed E-state index contributed by atoms with van der Waals surface area (Å²) in [7, 11) is 1.31. The molecule has 2 aromatic carbocycles. The van der Waals surface area contributed by atoms with Crippen molar-refractivity contribution in [1.29, 1.82) is 0 Å². The summed E-state index contributed by atoms with van der Waals surface area (Å²) in [6, 6.07) is 14.2. The first kappa shape index (κ1) is 23.9. The molecular formula is C26H24FN3O5. The molecule has 9 heteroatoms. The number of hydrogen-bond donors (Lipinski definition) is 1. The van der Waals surface area contributed by atoms with Gasteiger partial charge in [-0.15, -0.1) is 0 Å².